The van der Waals surface area contributed by atoms with Gasteiger partial charge in [-0.2, -0.15) is 0 Å². The van der Waals surface area contributed by atoms with Crippen LogP contribution in [0.4, 0.5) is 0 Å². The third-order valence-corrected chi connectivity index (χ3v) is 15.0. The van der Waals surface area contributed by atoms with E-state index in [0.29, 0.717) is 47.2 Å². The lowest BCUT2D eigenvalue weighted by Crippen LogP contribution is -2.59. The summed E-state index contributed by atoms with van der Waals surface area (Å²) in [7, 11) is 0. The molecule has 1 aliphatic heterocycles. The van der Waals surface area contributed by atoms with Crippen LogP contribution in [0.5, 0.6) is 17.2 Å². The van der Waals surface area contributed by atoms with Crippen molar-refractivity contribution < 1.29 is 68.7 Å². The van der Waals surface area contributed by atoms with Crippen molar-refractivity contribution in [3.05, 3.63) is 144 Å². The molecule has 6 aromatic rings. The Morgan fingerprint density at radius 1 is 0.625 bits per heavy atom. The number of aliphatic hydroxyl groups excluding tert-OH is 1. The molecule has 0 radical (unpaired) electrons. The number of nitrogens with one attached hydrogen (secondary N) is 9. The lowest BCUT2D eigenvalue weighted by Gasteiger charge is -2.29. The number of aromatic amines is 2. The van der Waals surface area contributed by atoms with Crippen molar-refractivity contribution >= 4 is 64.1 Å². The highest BCUT2D eigenvalue weighted by Gasteiger charge is 2.40. The Kier molecular flexibility index (Phi) is 23.5. The highest BCUT2D eigenvalue weighted by molar-refractivity contribution is 5.98. The van der Waals surface area contributed by atoms with Gasteiger partial charge in [0.1, 0.15) is 65.6 Å². The number of aromatic hydroxyl groups is 3. The summed E-state index contributed by atoms with van der Waals surface area (Å²) < 4.78 is 0. The molecule has 2 aromatic heterocycles. The zero-order valence-corrected chi connectivity index (χ0v) is 48.3. The predicted molar refractivity (Wildman–Crippen MR) is 319 cm³/mol. The summed E-state index contributed by atoms with van der Waals surface area (Å²) in [6.45, 7) is 0.964. The first-order chi connectivity index (χ1) is 42.1. The number of nitrogens with two attached hydrogens (primary N) is 2. The van der Waals surface area contributed by atoms with Crippen LogP contribution in [0.25, 0.3) is 10.9 Å². The van der Waals surface area contributed by atoms with Gasteiger partial charge in [-0.1, -0.05) is 54.6 Å². The number of para-hydroxylation sites is 1. The number of aliphatic carboxylic acids is 1. The molecule has 0 unspecified atom stereocenters. The molecule has 27 nitrogen and oxygen atoms in total. The van der Waals surface area contributed by atoms with Gasteiger partial charge in [-0.15, -0.1) is 0 Å². The lowest BCUT2D eigenvalue weighted by molar-refractivity contribution is -0.142. The van der Waals surface area contributed by atoms with Crippen molar-refractivity contribution in [2.75, 3.05) is 19.6 Å². The van der Waals surface area contributed by atoms with Crippen LogP contribution in [-0.4, -0.2) is 173 Å². The number of phenols is 3. The van der Waals surface area contributed by atoms with Crippen LogP contribution in [-0.2, 0) is 75.3 Å². The fraction of sp³-hybridized carbons (Fsp3) is 0.377. The topological polar surface area (TPSA) is 439 Å². The van der Waals surface area contributed by atoms with Crippen LogP contribution in [0, 0.1) is 0 Å². The molecule has 1 saturated heterocycles. The van der Waals surface area contributed by atoms with Crippen LogP contribution in [0.15, 0.2) is 116 Å². The number of H-pyrrole nitrogens is 2. The van der Waals surface area contributed by atoms with Crippen molar-refractivity contribution in [3.63, 3.8) is 0 Å². The summed E-state index contributed by atoms with van der Waals surface area (Å²) in [5.74, 6) is -8.21. The number of fused-ring (bicyclic) bond motifs is 1. The highest BCUT2D eigenvalue weighted by atomic mass is 16.4. The van der Waals surface area contributed by atoms with Gasteiger partial charge >= 0.3 is 5.97 Å². The molecule has 18 N–H and O–H groups in total. The van der Waals surface area contributed by atoms with Gasteiger partial charge in [0, 0.05) is 67.6 Å². The molecule has 0 bridgehead atoms. The third-order valence-electron chi connectivity index (χ3n) is 15.0. The van der Waals surface area contributed by atoms with E-state index in [0.717, 1.165) is 10.9 Å². The average molecular weight is 1210 g/mol. The largest absolute Gasteiger partial charge is 0.508 e. The third kappa shape index (κ3) is 18.8. The molecule has 0 saturated carbocycles. The van der Waals surface area contributed by atoms with Crippen LogP contribution in [0.1, 0.15) is 67.0 Å². The molecule has 3 heterocycles. The van der Waals surface area contributed by atoms with E-state index in [1.165, 1.54) is 97.1 Å². The highest BCUT2D eigenvalue weighted by Crippen LogP contribution is 2.22. The van der Waals surface area contributed by atoms with Crippen molar-refractivity contribution in [2.24, 2.45) is 11.5 Å². The zero-order chi connectivity index (χ0) is 63.4. The summed E-state index contributed by atoms with van der Waals surface area (Å²) in [5.41, 5.74) is 14.9. The van der Waals surface area contributed by atoms with E-state index >= 15 is 0 Å². The number of aromatic nitrogens is 3. The number of unbranched alkanes of at least 4 members (excludes halogenated alkanes) is 1. The van der Waals surface area contributed by atoms with Gasteiger partial charge in [-0.25, -0.2) is 9.78 Å². The molecule has 1 fully saturated rings. The Hall–Kier alpha value is -9.86. The number of carbonyl (C=O) groups excluding carboxylic acids is 8. The Morgan fingerprint density at radius 2 is 1.14 bits per heavy atom. The first-order valence-corrected chi connectivity index (χ1v) is 28.8. The summed E-state index contributed by atoms with van der Waals surface area (Å²) in [6.07, 6.45) is 3.71. The van der Waals surface area contributed by atoms with E-state index in [2.05, 4.69) is 52.2 Å². The zero-order valence-electron chi connectivity index (χ0n) is 48.3. The molecule has 8 amide bonds. The predicted octanol–water partition coefficient (Wildman–Crippen LogP) is -0.541. The minimum absolute atomic E-state index is 0.0193. The van der Waals surface area contributed by atoms with Crippen molar-refractivity contribution in [2.45, 2.75) is 126 Å². The second-order valence-electron chi connectivity index (χ2n) is 21.7. The summed E-state index contributed by atoms with van der Waals surface area (Å²) in [5, 5.41) is 69.7. The number of rotatable bonds is 31. The molecule has 468 valence electrons. The average Bonchev–Trinajstić information content (AvgIpc) is 4.20. The first kappa shape index (κ1) is 65.7. The fourth-order valence-electron chi connectivity index (χ4n) is 10.1. The molecular weight excluding hydrogens is 1140 g/mol. The van der Waals surface area contributed by atoms with Gasteiger partial charge < -0.3 is 89.1 Å². The molecule has 9 atom stereocenters. The number of amides is 8. The number of hydrogen-bond acceptors (Lipinski definition) is 16. The van der Waals surface area contributed by atoms with Crippen LogP contribution in [0.3, 0.4) is 0 Å². The number of benzene rings is 4. The summed E-state index contributed by atoms with van der Waals surface area (Å²) >= 11 is 0. The van der Waals surface area contributed by atoms with E-state index in [9.17, 15) is 68.7 Å². The molecule has 27 heteroatoms. The Labute approximate surface area is 505 Å². The number of hydrogen-bond donors (Lipinski definition) is 16. The lowest BCUT2D eigenvalue weighted by atomic mass is 10.0. The quantitative estimate of drug-likeness (QED) is 0.0243. The monoisotopic (exact) mass is 1210 g/mol. The second kappa shape index (κ2) is 31.5. The fourth-order valence-corrected chi connectivity index (χ4v) is 10.1. The van der Waals surface area contributed by atoms with Crippen LogP contribution in [0.2, 0.25) is 0 Å². The molecular formula is C61H75N13O14. The van der Waals surface area contributed by atoms with Gasteiger partial charge in [-0.3, -0.25) is 38.4 Å². The van der Waals surface area contributed by atoms with Gasteiger partial charge in [0.15, 0.2) is 0 Å². The first-order valence-electron chi connectivity index (χ1n) is 28.8. The minimum Gasteiger partial charge on any atom is -0.508 e. The van der Waals surface area contributed by atoms with E-state index in [-0.39, 0.29) is 75.3 Å². The summed E-state index contributed by atoms with van der Waals surface area (Å²) in [6, 6.07) is 13.6. The van der Waals surface area contributed by atoms with E-state index < -0.39 is 114 Å². The van der Waals surface area contributed by atoms with E-state index in [4.69, 9.17) is 11.5 Å². The van der Waals surface area contributed by atoms with Gasteiger partial charge in [-0.05, 0) is 110 Å². The summed E-state index contributed by atoms with van der Waals surface area (Å²) in [4.78, 5) is 137. The Morgan fingerprint density at radius 3 is 1.67 bits per heavy atom. The number of aliphatic hydroxyl groups is 1. The number of phenolic OH excluding ortho intramolecular Hbond substituents is 3. The number of nitrogens with zero attached hydrogens (tertiary/aromatic N) is 2. The number of carbonyl (C=O) groups is 9. The molecule has 4 aromatic carbocycles. The maximum absolute atomic E-state index is 14.6. The van der Waals surface area contributed by atoms with E-state index in [1.807, 2.05) is 12.1 Å². The number of carboxylic acids is 1. The van der Waals surface area contributed by atoms with Gasteiger partial charge in [0.05, 0.1) is 19.0 Å². The minimum atomic E-state index is -1.47. The standard InChI is InChI=1S/C61H75N13O14/c1-34(75)53(63)60(86)74-24-6-10-51(74)59(85)72-49(29-39-31-64-33-67-39)58(84)70-46(25-35-11-17-40(76)18-12-35)54(80)66-32-52(79)68-47(26-36-13-19-41(77)20-14-36)56(82)69-45(9-4-5-23-62)55(81)71-48(27-37-15-21-42(78)22-16-37)57(83)73-50(61(87)88)28-38-30-65-44-8-3-2-7-43(38)44/h2-3,7-8,11-22,30-31,33-34,45-51,53,65,75-78H,4-6,9-10,23-29,32,62-63H2,1H3,(H,64,67)(H,66,80)(H,68,79)(H,69,82)(H,70,84)(H,71,81)(H,72,85)(H,73,83)(H,87,88)/t34-,45+,46+,47+,48+,49+,50+,51+,53+/m1/s1. The number of carboxylic acid groups (broad SMARTS) is 1. The normalized spacial score (nSPS) is 15.7. The maximum Gasteiger partial charge on any atom is 0.326 e. The Balaban J connectivity index is 1.08. The van der Waals surface area contributed by atoms with Crippen molar-refractivity contribution in [3.8, 4) is 17.2 Å². The van der Waals surface area contributed by atoms with Crippen molar-refractivity contribution in [1.29, 1.82) is 0 Å². The van der Waals surface area contributed by atoms with Crippen LogP contribution < -0.4 is 48.7 Å². The maximum atomic E-state index is 14.6. The SMILES string of the molecule is C[C@@H](O)[C@H](N)C(=O)N1CCC[C@H]1C(=O)N[C@@H](Cc1cnc[nH]1)C(=O)N[C@@H](Cc1ccc(O)cc1)C(=O)NCC(=O)N[C@@H](Cc1ccc(O)cc1)C(=O)N[C@@H](CCCCN)C(=O)N[C@@H](Cc1ccc(O)cc1)C(=O)N[C@@H](Cc1c[nH]c2ccccc12)C(=O)O. The van der Waals surface area contributed by atoms with Gasteiger partial charge in [0.25, 0.3) is 0 Å². The molecule has 0 spiro atoms. The van der Waals surface area contributed by atoms with E-state index in [1.54, 1.807) is 18.3 Å². The smallest absolute Gasteiger partial charge is 0.326 e. The number of imidazole rings is 1. The number of likely N-dealkylation sites (tertiary alicyclic amines) is 1. The molecule has 0 aliphatic carbocycles. The van der Waals surface area contributed by atoms with Gasteiger partial charge in [0.2, 0.25) is 47.3 Å². The Bertz CT molecular complexity index is 3360. The molecule has 7 rings (SSSR count). The molecule has 1 aliphatic rings. The van der Waals surface area contributed by atoms with Crippen molar-refractivity contribution in [1.82, 2.24) is 57.1 Å². The molecule has 88 heavy (non-hydrogen) atoms. The second-order valence-corrected chi connectivity index (χ2v) is 21.7. The van der Waals surface area contributed by atoms with Crippen LogP contribution >= 0.6 is 0 Å².